The van der Waals surface area contributed by atoms with Gasteiger partial charge in [0, 0.05) is 24.5 Å². The molecule has 0 amide bonds. The monoisotopic (exact) mass is 281 g/mol. The summed E-state index contributed by atoms with van der Waals surface area (Å²) in [5.74, 6) is -0.124. The van der Waals surface area contributed by atoms with Crippen molar-refractivity contribution in [2.24, 2.45) is 0 Å². The van der Waals surface area contributed by atoms with Crippen LogP contribution in [-0.4, -0.2) is 0 Å². The van der Waals surface area contributed by atoms with Gasteiger partial charge in [0.05, 0.1) is 11.1 Å². The number of pyridine rings is 1. The molecule has 0 fully saturated rings. The van der Waals surface area contributed by atoms with Crippen LogP contribution in [0.25, 0.3) is 11.3 Å². The molecule has 0 N–H and O–H groups in total. The average Bonchev–Trinajstić information content (AvgIpc) is 2.52. The molecule has 21 heavy (non-hydrogen) atoms. The van der Waals surface area contributed by atoms with Crippen molar-refractivity contribution in [3.05, 3.63) is 53.5 Å². The SMILES string of the molecule is CCC1c2cc(F)c(C#N)cc2-c2cccc[n+]2C1CC. The first-order chi connectivity index (χ1) is 10.2. The number of hydrogen-bond acceptors (Lipinski definition) is 1. The van der Waals surface area contributed by atoms with Crippen molar-refractivity contribution >= 4 is 0 Å². The molecule has 0 saturated heterocycles. The zero-order valence-electron chi connectivity index (χ0n) is 12.3. The summed E-state index contributed by atoms with van der Waals surface area (Å²) in [5, 5.41) is 9.09. The molecule has 2 heterocycles. The Bertz CT molecular complexity index is 730. The van der Waals surface area contributed by atoms with Gasteiger partial charge in [-0.3, -0.25) is 0 Å². The second-order valence-electron chi connectivity index (χ2n) is 5.51. The average molecular weight is 281 g/mol. The minimum absolute atomic E-state index is 0.119. The normalized spacial score (nSPS) is 19.5. The molecule has 0 aliphatic carbocycles. The highest BCUT2D eigenvalue weighted by atomic mass is 19.1. The second-order valence-corrected chi connectivity index (χ2v) is 5.51. The van der Waals surface area contributed by atoms with Crippen LogP contribution in [0.1, 0.15) is 49.8 Å². The first kappa shape index (κ1) is 13.8. The maximum Gasteiger partial charge on any atom is 0.213 e. The number of rotatable bonds is 2. The summed E-state index contributed by atoms with van der Waals surface area (Å²) in [6.45, 7) is 4.31. The molecule has 2 nitrogen and oxygen atoms in total. The van der Waals surface area contributed by atoms with Crippen LogP contribution in [0.3, 0.4) is 0 Å². The van der Waals surface area contributed by atoms with Crippen molar-refractivity contribution in [3.8, 4) is 17.3 Å². The van der Waals surface area contributed by atoms with Gasteiger partial charge < -0.3 is 0 Å². The van der Waals surface area contributed by atoms with E-state index in [9.17, 15) is 4.39 Å². The first-order valence-electron chi connectivity index (χ1n) is 7.45. The zero-order chi connectivity index (χ0) is 15.0. The van der Waals surface area contributed by atoms with E-state index < -0.39 is 5.82 Å². The van der Waals surface area contributed by atoms with E-state index in [0.29, 0.717) is 6.04 Å². The summed E-state index contributed by atoms with van der Waals surface area (Å²) in [6, 6.07) is 11.6. The lowest BCUT2D eigenvalue weighted by molar-refractivity contribution is -0.718. The lowest BCUT2D eigenvalue weighted by Crippen LogP contribution is -2.47. The Morgan fingerprint density at radius 3 is 2.71 bits per heavy atom. The van der Waals surface area contributed by atoms with Crippen LogP contribution >= 0.6 is 0 Å². The van der Waals surface area contributed by atoms with Crippen LogP contribution in [0.4, 0.5) is 4.39 Å². The Kier molecular flexibility index (Phi) is 3.47. The molecule has 0 spiro atoms. The summed E-state index contributed by atoms with van der Waals surface area (Å²) < 4.78 is 16.3. The van der Waals surface area contributed by atoms with Gasteiger partial charge in [-0.05, 0) is 30.2 Å². The smallest absolute Gasteiger partial charge is 0.206 e. The number of benzene rings is 1. The molecule has 1 aromatic carbocycles. The van der Waals surface area contributed by atoms with Gasteiger partial charge >= 0.3 is 0 Å². The number of nitriles is 1. The van der Waals surface area contributed by atoms with Gasteiger partial charge in [-0.15, -0.1) is 0 Å². The van der Waals surface area contributed by atoms with Gasteiger partial charge in [0.15, 0.2) is 12.2 Å². The van der Waals surface area contributed by atoms with Crippen LogP contribution in [0.15, 0.2) is 36.5 Å². The highest BCUT2D eigenvalue weighted by molar-refractivity contribution is 5.66. The van der Waals surface area contributed by atoms with E-state index in [4.69, 9.17) is 5.26 Å². The largest absolute Gasteiger partial charge is 0.213 e. The van der Waals surface area contributed by atoms with Gasteiger partial charge in [0.1, 0.15) is 11.9 Å². The van der Waals surface area contributed by atoms with Gasteiger partial charge in [-0.2, -0.15) is 9.83 Å². The van der Waals surface area contributed by atoms with Crippen LogP contribution < -0.4 is 4.57 Å². The summed E-state index contributed by atoms with van der Waals surface area (Å²) >= 11 is 0. The van der Waals surface area contributed by atoms with Crippen molar-refractivity contribution in [1.29, 1.82) is 5.26 Å². The van der Waals surface area contributed by atoms with Crippen LogP contribution in [0.2, 0.25) is 0 Å². The molecule has 3 heteroatoms. The predicted molar refractivity (Wildman–Crippen MR) is 79.1 cm³/mol. The molecule has 0 bridgehead atoms. The first-order valence-corrected chi connectivity index (χ1v) is 7.45. The molecule has 2 unspecified atom stereocenters. The second kappa shape index (κ2) is 5.29. The van der Waals surface area contributed by atoms with Crippen LogP contribution in [0, 0.1) is 17.1 Å². The summed E-state index contributed by atoms with van der Waals surface area (Å²) in [7, 11) is 0. The Labute approximate surface area is 124 Å². The van der Waals surface area contributed by atoms with Crippen LogP contribution in [-0.2, 0) is 0 Å². The fourth-order valence-electron chi connectivity index (χ4n) is 3.55. The molecule has 106 valence electrons. The van der Waals surface area contributed by atoms with Gasteiger partial charge in [-0.25, -0.2) is 4.39 Å². The predicted octanol–water partition coefficient (Wildman–Crippen LogP) is 4.11. The number of nitrogens with zero attached hydrogens (tertiary/aromatic N) is 2. The molecular weight excluding hydrogens is 263 g/mol. The highest BCUT2D eigenvalue weighted by Gasteiger charge is 2.38. The Hall–Kier alpha value is -2.21. The molecule has 3 rings (SSSR count). The number of halogens is 1. The molecule has 2 atom stereocenters. The fraction of sp³-hybridized carbons (Fsp3) is 0.333. The summed E-state index contributed by atoms with van der Waals surface area (Å²) in [6.07, 6.45) is 4.05. The minimum atomic E-state index is -0.408. The highest BCUT2D eigenvalue weighted by Crippen LogP contribution is 2.41. The quantitative estimate of drug-likeness (QED) is 0.761. The summed E-state index contributed by atoms with van der Waals surface area (Å²) in [4.78, 5) is 0. The van der Waals surface area contributed by atoms with Gasteiger partial charge in [0.2, 0.25) is 5.69 Å². The molecule has 1 aromatic heterocycles. The zero-order valence-corrected chi connectivity index (χ0v) is 12.3. The number of aromatic nitrogens is 1. The topological polar surface area (TPSA) is 27.7 Å². The van der Waals surface area contributed by atoms with E-state index >= 15 is 0 Å². The van der Waals surface area contributed by atoms with E-state index in [1.807, 2.05) is 24.3 Å². The Morgan fingerprint density at radius 1 is 1.24 bits per heavy atom. The van der Waals surface area contributed by atoms with E-state index in [2.05, 4.69) is 24.6 Å². The van der Waals surface area contributed by atoms with E-state index in [1.54, 1.807) is 12.1 Å². The third-order valence-electron chi connectivity index (χ3n) is 4.50. The van der Waals surface area contributed by atoms with E-state index in [0.717, 1.165) is 29.7 Å². The molecule has 1 aliphatic heterocycles. The number of fused-ring (bicyclic) bond motifs is 3. The van der Waals surface area contributed by atoms with Crippen molar-refractivity contribution in [1.82, 2.24) is 0 Å². The third kappa shape index (κ3) is 2.03. The molecule has 2 aromatic rings. The fourth-order valence-corrected chi connectivity index (χ4v) is 3.55. The Morgan fingerprint density at radius 2 is 2.05 bits per heavy atom. The van der Waals surface area contributed by atoms with Crippen LogP contribution in [0.5, 0.6) is 0 Å². The molecule has 0 saturated carbocycles. The van der Waals surface area contributed by atoms with Gasteiger partial charge in [-0.1, -0.05) is 13.8 Å². The van der Waals surface area contributed by atoms with Crippen molar-refractivity contribution in [2.75, 3.05) is 0 Å². The van der Waals surface area contributed by atoms with E-state index in [-0.39, 0.29) is 11.5 Å². The minimum Gasteiger partial charge on any atom is -0.206 e. The van der Waals surface area contributed by atoms with Crippen molar-refractivity contribution in [3.63, 3.8) is 0 Å². The lowest BCUT2D eigenvalue weighted by Gasteiger charge is -2.29. The van der Waals surface area contributed by atoms with E-state index in [1.165, 1.54) is 0 Å². The maximum absolute atomic E-state index is 14.1. The third-order valence-corrected chi connectivity index (χ3v) is 4.50. The molecule has 0 radical (unpaired) electrons. The Balaban J connectivity index is 2.33. The maximum atomic E-state index is 14.1. The standard InChI is InChI=1S/C18H18FN2/c1-3-13-14-10-16(19)12(11-20)9-15(14)18-7-5-6-8-21(18)17(13)4-2/h5-10,13,17H,3-4H2,1-2H3/q+1. The summed E-state index contributed by atoms with van der Waals surface area (Å²) in [5.41, 5.74) is 3.21. The van der Waals surface area contributed by atoms with Gasteiger partial charge in [0.25, 0.3) is 0 Å². The molecular formula is C18H18FN2+. The lowest BCUT2D eigenvalue weighted by atomic mass is 9.80. The molecule has 1 aliphatic rings. The van der Waals surface area contributed by atoms with Crippen molar-refractivity contribution in [2.45, 2.75) is 38.6 Å². The number of hydrogen-bond donors (Lipinski definition) is 0. The van der Waals surface area contributed by atoms with Crippen molar-refractivity contribution < 1.29 is 8.96 Å².